The molecule has 0 bridgehead atoms. The summed E-state index contributed by atoms with van der Waals surface area (Å²) in [6.45, 7) is 0.906. The fourth-order valence-corrected chi connectivity index (χ4v) is 3.28. The van der Waals surface area contributed by atoms with E-state index in [0.717, 1.165) is 34.0 Å². The van der Waals surface area contributed by atoms with Crippen LogP contribution >= 0.6 is 23.4 Å². The molecule has 1 aromatic carbocycles. The number of thioether (sulfide) groups is 1. The van der Waals surface area contributed by atoms with Crippen molar-refractivity contribution in [3.63, 3.8) is 0 Å². The molecule has 1 saturated carbocycles. The number of aromatic nitrogens is 1. The topological polar surface area (TPSA) is 24.9 Å². The summed E-state index contributed by atoms with van der Waals surface area (Å²) in [5.41, 5.74) is 2.43. The average molecular weight is 305 g/mol. The number of hydrogen-bond donors (Lipinski definition) is 1. The Morgan fingerprint density at radius 3 is 2.75 bits per heavy atom. The second kappa shape index (κ2) is 6.61. The first-order valence-electron chi connectivity index (χ1n) is 6.86. The van der Waals surface area contributed by atoms with Crippen molar-refractivity contribution >= 4 is 23.4 Å². The Hall–Kier alpha value is -1.03. The van der Waals surface area contributed by atoms with E-state index in [1.807, 2.05) is 30.5 Å². The summed E-state index contributed by atoms with van der Waals surface area (Å²) in [6, 6.07) is 12.9. The predicted molar refractivity (Wildman–Crippen MR) is 85.1 cm³/mol. The van der Waals surface area contributed by atoms with Crippen molar-refractivity contribution in [1.29, 1.82) is 0 Å². The van der Waals surface area contributed by atoms with Gasteiger partial charge in [-0.25, -0.2) is 4.98 Å². The standard InChI is InChI=1S/C16H17ClN2S/c17-15-6-2-1-4-13(15)11-20-16-12(5-3-9-18-16)10-19-14-7-8-14/h1-6,9,14,19H,7-8,10-11H2. The van der Waals surface area contributed by atoms with E-state index in [4.69, 9.17) is 11.6 Å². The SMILES string of the molecule is Clc1ccccc1CSc1ncccc1CNC1CC1. The van der Waals surface area contributed by atoms with E-state index in [1.54, 1.807) is 11.8 Å². The second-order valence-electron chi connectivity index (χ2n) is 5.00. The number of benzene rings is 1. The van der Waals surface area contributed by atoms with Gasteiger partial charge in [0.2, 0.25) is 0 Å². The van der Waals surface area contributed by atoms with E-state index in [1.165, 1.54) is 18.4 Å². The van der Waals surface area contributed by atoms with Crippen LogP contribution in [0.4, 0.5) is 0 Å². The normalized spacial score (nSPS) is 14.4. The largest absolute Gasteiger partial charge is 0.310 e. The molecule has 1 aromatic heterocycles. The highest BCUT2D eigenvalue weighted by Crippen LogP contribution is 2.28. The van der Waals surface area contributed by atoms with E-state index >= 15 is 0 Å². The van der Waals surface area contributed by atoms with Crippen molar-refractivity contribution in [2.45, 2.75) is 36.2 Å². The first kappa shape index (κ1) is 13.9. The number of nitrogens with one attached hydrogen (secondary N) is 1. The van der Waals surface area contributed by atoms with E-state index in [2.05, 4.69) is 22.4 Å². The van der Waals surface area contributed by atoms with Gasteiger partial charge in [0.1, 0.15) is 5.03 Å². The highest BCUT2D eigenvalue weighted by molar-refractivity contribution is 7.98. The molecule has 0 unspecified atom stereocenters. The molecule has 1 heterocycles. The van der Waals surface area contributed by atoms with Gasteiger partial charge in [0.05, 0.1) is 0 Å². The molecular weight excluding hydrogens is 288 g/mol. The van der Waals surface area contributed by atoms with Crippen LogP contribution in [0.1, 0.15) is 24.0 Å². The predicted octanol–water partition coefficient (Wildman–Crippen LogP) is 4.28. The van der Waals surface area contributed by atoms with Gasteiger partial charge >= 0.3 is 0 Å². The maximum atomic E-state index is 6.20. The minimum absolute atomic E-state index is 0.719. The molecule has 0 spiro atoms. The van der Waals surface area contributed by atoms with Crippen LogP contribution in [0, 0.1) is 0 Å². The van der Waals surface area contributed by atoms with Crippen molar-refractivity contribution < 1.29 is 0 Å². The molecule has 0 radical (unpaired) electrons. The summed E-state index contributed by atoms with van der Waals surface area (Å²) in [5.74, 6) is 0.854. The Kier molecular flexibility index (Phi) is 4.61. The van der Waals surface area contributed by atoms with Gasteiger partial charge in [0.25, 0.3) is 0 Å². The van der Waals surface area contributed by atoms with E-state index in [0.29, 0.717) is 0 Å². The lowest BCUT2D eigenvalue weighted by Gasteiger charge is -2.09. The molecule has 1 aliphatic carbocycles. The fourth-order valence-electron chi connectivity index (χ4n) is 1.99. The molecule has 2 nitrogen and oxygen atoms in total. The molecule has 20 heavy (non-hydrogen) atoms. The minimum Gasteiger partial charge on any atom is -0.310 e. The van der Waals surface area contributed by atoms with Crippen LogP contribution in [0.5, 0.6) is 0 Å². The van der Waals surface area contributed by atoms with Crippen LogP contribution in [0.2, 0.25) is 5.02 Å². The molecule has 0 aliphatic heterocycles. The second-order valence-corrected chi connectivity index (χ2v) is 6.37. The quantitative estimate of drug-likeness (QED) is 0.806. The van der Waals surface area contributed by atoms with Gasteiger partial charge in [-0.2, -0.15) is 0 Å². The summed E-state index contributed by atoms with van der Waals surface area (Å²) in [4.78, 5) is 4.50. The first-order valence-corrected chi connectivity index (χ1v) is 8.23. The van der Waals surface area contributed by atoms with Crippen LogP contribution in [0.3, 0.4) is 0 Å². The van der Waals surface area contributed by atoms with Gasteiger partial charge in [-0.05, 0) is 36.1 Å². The summed E-state index contributed by atoms with van der Waals surface area (Å²) in [6.07, 6.45) is 4.47. The number of nitrogens with zero attached hydrogens (tertiary/aromatic N) is 1. The maximum absolute atomic E-state index is 6.20. The summed E-state index contributed by atoms with van der Waals surface area (Å²) in [7, 11) is 0. The summed E-state index contributed by atoms with van der Waals surface area (Å²) < 4.78 is 0. The van der Waals surface area contributed by atoms with Gasteiger partial charge in [-0.3, -0.25) is 0 Å². The van der Waals surface area contributed by atoms with Crippen LogP contribution < -0.4 is 5.32 Å². The number of pyridine rings is 1. The first-order chi connectivity index (χ1) is 9.83. The van der Waals surface area contributed by atoms with Crippen LogP contribution in [-0.2, 0) is 12.3 Å². The number of halogens is 1. The van der Waals surface area contributed by atoms with E-state index in [9.17, 15) is 0 Å². The van der Waals surface area contributed by atoms with Gasteiger partial charge < -0.3 is 5.32 Å². The third-order valence-electron chi connectivity index (χ3n) is 3.33. The third-order valence-corrected chi connectivity index (χ3v) is 4.80. The third kappa shape index (κ3) is 3.75. The lowest BCUT2D eigenvalue weighted by molar-refractivity contribution is 0.675. The van der Waals surface area contributed by atoms with Gasteiger partial charge in [-0.1, -0.05) is 35.9 Å². The molecule has 4 heteroatoms. The van der Waals surface area contributed by atoms with Crippen molar-refractivity contribution in [3.05, 3.63) is 58.7 Å². The summed E-state index contributed by atoms with van der Waals surface area (Å²) in [5, 5.41) is 5.47. The molecule has 1 fully saturated rings. The van der Waals surface area contributed by atoms with Gasteiger partial charge in [0, 0.05) is 29.6 Å². The highest BCUT2D eigenvalue weighted by atomic mass is 35.5. The highest BCUT2D eigenvalue weighted by Gasteiger charge is 2.20. The molecule has 0 atom stereocenters. The number of hydrogen-bond acceptors (Lipinski definition) is 3. The van der Waals surface area contributed by atoms with Crippen LogP contribution in [-0.4, -0.2) is 11.0 Å². The monoisotopic (exact) mass is 304 g/mol. The number of rotatable bonds is 6. The van der Waals surface area contributed by atoms with Crippen molar-refractivity contribution in [3.8, 4) is 0 Å². The zero-order valence-corrected chi connectivity index (χ0v) is 12.8. The molecule has 3 rings (SSSR count). The summed E-state index contributed by atoms with van der Waals surface area (Å²) >= 11 is 7.95. The van der Waals surface area contributed by atoms with E-state index < -0.39 is 0 Å². The Bertz CT molecular complexity index is 584. The van der Waals surface area contributed by atoms with Gasteiger partial charge in [0.15, 0.2) is 0 Å². The molecule has 1 N–H and O–H groups in total. The van der Waals surface area contributed by atoms with Crippen LogP contribution in [0.15, 0.2) is 47.6 Å². The molecule has 104 valence electrons. The molecular formula is C16H17ClN2S. The van der Waals surface area contributed by atoms with Crippen molar-refractivity contribution in [2.24, 2.45) is 0 Å². The maximum Gasteiger partial charge on any atom is 0.101 e. The lowest BCUT2D eigenvalue weighted by Crippen LogP contribution is -2.16. The molecule has 0 amide bonds. The van der Waals surface area contributed by atoms with E-state index in [-0.39, 0.29) is 0 Å². The van der Waals surface area contributed by atoms with Crippen molar-refractivity contribution in [2.75, 3.05) is 0 Å². The Morgan fingerprint density at radius 1 is 1.15 bits per heavy atom. The average Bonchev–Trinajstić information content (AvgIpc) is 3.29. The molecule has 1 aliphatic rings. The fraction of sp³-hybridized carbons (Fsp3) is 0.312. The zero-order chi connectivity index (χ0) is 13.8. The van der Waals surface area contributed by atoms with Crippen LogP contribution in [0.25, 0.3) is 0 Å². The Labute approximate surface area is 129 Å². The zero-order valence-electron chi connectivity index (χ0n) is 11.2. The Morgan fingerprint density at radius 2 is 1.95 bits per heavy atom. The smallest absolute Gasteiger partial charge is 0.101 e. The lowest BCUT2D eigenvalue weighted by atomic mass is 10.2. The minimum atomic E-state index is 0.719. The van der Waals surface area contributed by atoms with Crippen molar-refractivity contribution in [1.82, 2.24) is 10.3 Å². The van der Waals surface area contributed by atoms with Gasteiger partial charge in [-0.15, -0.1) is 11.8 Å². The molecule has 2 aromatic rings. The Balaban J connectivity index is 1.65. The molecule has 0 saturated heterocycles.